The topological polar surface area (TPSA) is 46.5 Å². The Morgan fingerprint density at radius 1 is 0.870 bits per heavy atom. The number of aliphatic hydroxyl groups is 1. The molecular weight excluding hydrogens is 312 g/mol. The predicted octanol–water partition coefficient (Wildman–Crippen LogP) is 5.61. The van der Waals surface area contributed by atoms with Crippen molar-refractivity contribution >= 4 is 17.6 Å². The number of ether oxygens (including phenoxy) is 1. The molecule has 4 heteroatoms. The molecule has 0 aliphatic carbocycles. The number of methoxy groups -OCH3 is 1. The molecule has 0 aliphatic rings. The molecule has 0 radical (unpaired) electrons. The lowest BCUT2D eigenvalue weighted by Crippen LogP contribution is -2.30. The van der Waals surface area contributed by atoms with Crippen LogP contribution in [0.25, 0.3) is 0 Å². The summed E-state index contributed by atoms with van der Waals surface area (Å²) in [6, 6.07) is 0. The van der Waals surface area contributed by atoms with Gasteiger partial charge in [0.2, 0.25) is 0 Å². The Morgan fingerprint density at radius 2 is 1.26 bits per heavy atom. The van der Waals surface area contributed by atoms with Gasteiger partial charge in [-0.15, -0.1) is 11.6 Å². The van der Waals surface area contributed by atoms with Crippen LogP contribution in [0.1, 0.15) is 96.8 Å². The van der Waals surface area contributed by atoms with E-state index in [1.807, 2.05) is 0 Å². The van der Waals surface area contributed by atoms with Gasteiger partial charge in [0.25, 0.3) is 0 Å². The zero-order chi connectivity index (χ0) is 17.3. The van der Waals surface area contributed by atoms with Crippen molar-refractivity contribution in [2.75, 3.05) is 7.11 Å². The summed E-state index contributed by atoms with van der Waals surface area (Å²) in [4.78, 5) is 11.2. The molecule has 1 unspecified atom stereocenters. The van der Waals surface area contributed by atoms with Gasteiger partial charge in [-0.05, 0) is 6.42 Å². The van der Waals surface area contributed by atoms with Gasteiger partial charge in [0.15, 0.2) is 5.38 Å². The molecule has 138 valence electrons. The second kappa shape index (κ2) is 16.6. The van der Waals surface area contributed by atoms with E-state index in [-0.39, 0.29) is 0 Å². The van der Waals surface area contributed by atoms with E-state index < -0.39 is 17.5 Å². The highest BCUT2D eigenvalue weighted by Gasteiger charge is 2.24. The lowest BCUT2D eigenvalue weighted by Gasteiger charge is -2.14. The Bertz CT molecular complexity index is 271. The molecule has 0 spiro atoms. The first kappa shape index (κ1) is 22.7. The Hall–Kier alpha value is -0.280. The number of aliphatic hydroxyl groups excluding tert-OH is 1. The molecule has 0 fully saturated rings. The van der Waals surface area contributed by atoms with E-state index in [1.54, 1.807) is 0 Å². The van der Waals surface area contributed by atoms with E-state index in [1.165, 1.54) is 77.7 Å². The smallest absolute Gasteiger partial charge is 0.326 e. The summed E-state index contributed by atoms with van der Waals surface area (Å²) in [7, 11) is 1.29. The minimum atomic E-state index is -0.933. The molecule has 0 aromatic heterocycles. The lowest BCUT2D eigenvalue weighted by molar-refractivity contribution is -0.142. The molecule has 0 amide bonds. The van der Waals surface area contributed by atoms with Crippen LogP contribution in [-0.2, 0) is 9.53 Å². The summed E-state index contributed by atoms with van der Waals surface area (Å²) >= 11 is 5.81. The molecule has 2 atom stereocenters. The summed E-state index contributed by atoms with van der Waals surface area (Å²) in [5, 5.41) is 8.83. The summed E-state index contributed by atoms with van der Waals surface area (Å²) in [6.07, 6.45) is 16.6. The fourth-order valence-corrected chi connectivity index (χ4v) is 3.00. The van der Waals surface area contributed by atoms with Crippen LogP contribution in [-0.4, -0.2) is 29.7 Å². The number of carbonyl (C=O) groups excluding carboxylic acids is 1. The molecule has 0 bridgehead atoms. The molecule has 0 heterocycles. The minimum Gasteiger partial charge on any atom is -0.468 e. The monoisotopic (exact) mass is 348 g/mol. The van der Waals surface area contributed by atoms with Crippen molar-refractivity contribution in [3.8, 4) is 0 Å². The summed E-state index contributed by atoms with van der Waals surface area (Å²) in [5.41, 5.74) is 0. The molecule has 0 aromatic rings. The van der Waals surface area contributed by atoms with Gasteiger partial charge < -0.3 is 9.84 Å². The van der Waals surface area contributed by atoms with E-state index in [2.05, 4.69) is 11.7 Å². The van der Waals surface area contributed by atoms with Crippen LogP contribution in [0.2, 0.25) is 0 Å². The maximum absolute atomic E-state index is 11.2. The molecule has 0 aliphatic heterocycles. The largest absolute Gasteiger partial charge is 0.468 e. The van der Waals surface area contributed by atoms with Crippen molar-refractivity contribution in [2.45, 2.75) is 108 Å². The van der Waals surface area contributed by atoms with E-state index in [9.17, 15) is 9.90 Å². The van der Waals surface area contributed by atoms with Gasteiger partial charge >= 0.3 is 5.97 Å². The van der Waals surface area contributed by atoms with Crippen molar-refractivity contribution in [1.82, 2.24) is 0 Å². The van der Waals surface area contributed by atoms with Gasteiger partial charge in [-0.25, -0.2) is 0 Å². The number of carbonyl (C=O) groups is 1. The number of alkyl halides is 1. The highest BCUT2D eigenvalue weighted by Crippen LogP contribution is 2.15. The molecule has 0 aromatic carbocycles. The molecule has 3 nitrogen and oxygen atoms in total. The van der Waals surface area contributed by atoms with Crippen molar-refractivity contribution in [2.24, 2.45) is 0 Å². The second-order valence-electron chi connectivity index (χ2n) is 6.52. The average Bonchev–Trinajstić information content (AvgIpc) is 2.57. The van der Waals surface area contributed by atoms with Crippen LogP contribution in [0.5, 0.6) is 0 Å². The summed E-state index contributed by atoms with van der Waals surface area (Å²) < 4.78 is 4.52. The van der Waals surface area contributed by atoms with Gasteiger partial charge in [0.05, 0.1) is 13.2 Å². The third kappa shape index (κ3) is 13.8. The van der Waals surface area contributed by atoms with Crippen molar-refractivity contribution in [1.29, 1.82) is 0 Å². The normalized spacial score (nSPS) is 13.7. The van der Waals surface area contributed by atoms with Gasteiger partial charge in [0, 0.05) is 0 Å². The third-order valence-corrected chi connectivity index (χ3v) is 4.84. The van der Waals surface area contributed by atoms with Crippen molar-refractivity contribution < 1.29 is 14.6 Å². The first-order chi connectivity index (χ1) is 11.1. The van der Waals surface area contributed by atoms with Gasteiger partial charge in [-0.1, -0.05) is 90.4 Å². The fourth-order valence-electron chi connectivity index (χ4n) is 2.79. The predicted molar refractivity (Wildman–Crippen MR) is 98.0 cm³/mol. The first-order valence-electron chi connectivity index (χ1n) is 9.53. The van der Waals surface area contributed by atoms with E-state index in [0.29, 0.717) is 6.42 Å². The molecule has 0 rings (SSSR count). The van der Waals surface area contributed by atoms with Crippen LogP contribution < -0.4 is 0 Å². The second-order valence-corrected chi connectivity index (χ2v) is 6.99. The lowest BCUT2D eigenvalue weighted by atomic mass is 10.0. The number of hydrogen-bond acceptors (Lipinski definition) is 3. The van der Waals surface area contributed by atoms with Crippen LogP contribution in [0.15, 0.2) is 0 Å². The SMILES string of the molecule is CCCCCCCCCCCCCCC[C@@H](O)C(Cl)C(=O)OC. The highest BCUT2D eigenvalue weighted by atomic mass is 35.5. The molecule has 1 N–H and O–H groups in total. The Labute approximate surface area is 148 Å². The first-order valence-corrected chi connectivity index (χ1v) is 9.97. The fraction of sp³-hybridized carbons (Fsp3) is 0.947. The number of rotatable bonds is 16. The molecule has 0 saturated heterocycles. The van der Waals surface area contributed by atoms with E-state index in [0.717, 1.165) is 12.8 Å². The van der Waals surface area contributed by atoms with Crippen LogP contribution in [0.4, 0.5) is 0 Å². The van der Waals surface area contributed by atoms with Crippen molar-refractivity contribution in [3.05, 3.63) is 0 Å². The quantitative estimate of drug-likeness (QED) is 0.224. The summed E-state index contributed by atoms with van der Waals surface area (Å²) in [5.74, 6) is -0.547. The Morgan fingerprint density at radius 3 is 1.65 bits per heavy atom. The van der Waals surface area contributed by atoms with Crippen molar-refractivity contribution in [3.63, 3.8) is 0 Å². The zero-order valence-electron chi connectivity index (χ0n) is 15.2. The van der Waals surface area contributed by atoms with Gasteiger partial charge in [-0.2, -0.15) is 0 Å². The molecule has 23 heavy (non-hydrogen) atoms. The van der Waals surface area contributed by atoms with Crippen LogP contribution in [0, 0.1) is 0 Å². The van der Waals surface area contributed by atoms with E-state index in [4.69, 9.17) is 11.6 Å². The number of hydrogen-bond donors (Lipinski definition) is 1. The third-order valence-electron chi connectivity index (χ3n) is 4.37. The van der Waals surface area contributed by atoms with Gasteiger partial charge in [-0.3, -0.25) is 4.79 Å². The van der Waals surface area contributed by atoms with E-state index >= 15 is 0 Å². The Balaban J connectivity index is 3.26. The molecular formula is C19H37ClO3. The number of esters is 1. The maximum Gasteiger partial charge on any atom is 0.326 e. The molecule has 0 saturated carbocycles. The number of halogens is 1. The standard InChI is InChI=1S/C19H37ClO3/c1-3-4-5-6-7-8-9-10-11-12-13-14-15-16-17(21)18(20)19(22)23-2/h17-18,21H,3-16H2,1-2H3/t17-,18?/m1/s1. The summed E-state index contributed by atoms with van der Waals surface area (Å²) in [6.45, 7) is 2.26. The van der Waals surface area contributed by atoms with Crippen LogP contribution in [0.3, 0.4) is 0 Å². The average molecular weight is 349 g/mol. The van der Waals surface area contributed by atoms with Gasteiger partial charge in [0.1, 0.15) is 0 Å². The maximum atomic E-state index is 11.2. The minimum absolute atomic E-state index is 0.547. The zero-order valence-corrected chi connectivity index (χ0v) is 16.0. The van der Waals surface area contributed by atoms with Crippen LogP contribution >= 0.6 is 11.6 Å². The highest BCUT2D eigenvalue weighted by molar-refractivity contribution is 6.30. The Kier molecular flexibility index (Phi) is 16.4. The number of unbranched alkanes of at least 4 members (excludes halogenated alkanes) is 12.